The molecule has 0 spiro atoms. The monoisotopic (exact) mass is 381 g/mol. The van der Waals surface area contributed by atoms with E-state index in [9.17, 15) is 13.5 Å². The fraction of sp³-hybridized carbons (Fsp3) is 0.333. The topological polar surface area (TPSA) is 75.6 Å². The number of halogens is 1. The first-order valence-corrected chi connectivity index (χ1v) is 9.84. The van der Waals surface area contributed by atoms with Crippen LogP contribution in [0.1, 0.15) is 18.4 Å². The van der Waals surface area contributed by atoms with Crippen molar-refractivity contribution in [3.8, 4) is 5.75 Å². The Bertz CT molecular complexity index is 853. The van der Waals surface area contributed by atoms with Crippen LogP contribution in [0.3, 0.4) is 0 Å². The molecule has 0 bridgehead atoms. The van der Waals surface area contributed by atoms with Gasteiger partial charge in [-0.2, -0.15) is 0 Å². The summed E-state index contributed by atoms with van der Waals surface area (Å²) in [6.07, 6.45) is 1.74. The lowest BCUT2D eigenvalue weighted by Crippen LogP contribution is -2.42. The van der Waals surface area contributed by atoms with Crippen molar-refractivity contribution in [2.45, 2.75) is 23.3 Å². The van der Waals surface area contributed by atoms with E-state index in [0.29, 0.717) is 10.6 Å². The molecule has 0 saturated heterocycles. The van der Waals surface area contributed by atoms with Gasteiger partial charge in [0.1, 0.15) is 16.2 Å². The van der Waals surface area contributed by atoms with Crippen LogP contribution in [0.2, 0.25) is 5.02 Å². The largest absolute Gasteiger partial charge is 0.495 e. The Morgan fingerprint density at radius 2 is 1.92 bits per heavy atom. The number of hydrogen-bond acceptors (Lipinski definition) is 4. The Labute approximate surface area is 152 Å². The van der Waals surface area contributed by atoms with Crippen LogP contribution in [-0.4, -0.2) is 27.2 Å². The van der Waals surface area contributed by atoms with Crippen LogP contribution < -0.4 is 9.46 Å². The first-order valence-electron chi connectivity index (χ1n) is 7.98. The third kappa shape index (κ3) is 3.82. The van der Waals surface area contributed by atoms with Gasteiger partial charge in [0.15, 0.2) is 0 Å². The second-order valence-electron chi connectivity index (χ2n) is 6.18. The maximum atomic E-state index is 12.7. The molecular weight excluding hydrogens is 362 g/mol. The first-order chi connectivity index (χ1) is 11.9. The van der Waals surface area contributed by atoms with E-state index in [-0.39, 0.29) is 23.1 Å². The SMILES string of the molecule is COc1ccc(Cl)cc1S(=O)(=O)NC[C@@](O)(c1ccccc1)C1CC1. The molecule has 1 saturated carbocycles. The van der Waals surface area contributed by atoms with Crippen LogP contribution in [0, 0.1) is 5.92 Å². The minimum absolute atomic E-state index is 0.0406. The van der Waals surface area contributed by atoms with Gasteiger partial charge in [0.25, 0.3) is 0 Å². The van der Waals surface area contributed by atoms with Gasteiger partial charge in [-0.25, -0.2) is 13.1 Å². The Kier molecular flexibility index (Phi) is 5.06. The fourth-order valence-electron chi connectivity index (χ4n) is 2.91. The smallest absolute Gasteiger partial charge is 0.244 e. The predicted octanol–water partition coefficient (Wildman–Crippen LogP) is 2.92. The molecule has 0 heterocycles. The van der Waals surface area contributed by atoms with Crippen LogP contribution in [0.15, 0.2) is 53.4 Å². The molecule has 5 nitrogen and oxygen atoms in total. The lowest BCUT2D eigenvalue weighted by Gasteiger charge is -2.29. The third-order valence-corrected chi connectivity index (χ3v) is 6.13. The van der Waals surface area contributed by atoms with Crippen molar-refractivity contribution in [1.82, 2.24) is 4.72 Å². The number of benzene rings is 2. The van der Waals surface area contributed by atoms with Crippen molar-refractivity contribution in [3.05, 3.63) is 59.1 Å². The Hall–Kier alpha value is -1.60. The number of ether oxygens (including phenoxy) is 1. The van der Waals surface area contributed by atoms with Gasteiger partial charge >= 0.3 is 0 Å². The normalized spacial score (nSPS) is 17.1. The molecule has 134 valence electrons. The molecule has 0 amide bonds. The molecule has 0 unspecified atom stereocenters. The van der Waals surface area contributed by atoms with Gasteiger partial charge in [0.2, 0.25) is 10.0 Å². The van der Waals surface area contributed by atoms with Crippen LogP contribution in [0.4, 0.5) is 0 Å². The van der Waals surface area contributed by atoms with E-state index >= 15 is 0 Å². The van der Waals surface area contributed by atoms with Crippen molar-refractivity contribution >= 4 is 21.6 Å². The second kappa shape index (κ2) is 6.96. The Morgan fingerprint density at radius 3 is 2.52 bits per heavy atom. The van der Waals surface area contributed by atoms with Gasteiger partial charge in [-0.3, -0.25) is 0 Å². The van der Waals surface area contributed by atoms with Crippen molar-refractivity contribution in [3.63, 3.8) is 0 Å². The molecule has 1 aliphatic carbocycles. The zero-order valence-corrected chi connectivity index (χ0v) is 15.3. The molecule has 2 aromatic carbocycles. The van der Waals surface area contributed by atoms with E-state index in [1.165, 1.54) is 19.2 Å². The van der Waals surface area contributed by atoms with Gasteiger partial charge in [0.05, 0.1) is 7.11 Å². The average molecular weight is 382 g/mol. The molecule has 2 aromatic rings. The fourth-order valence-corrected chi connectivity index (χ4v) is 4.41. The van der Waals surface area contributed by atoms with E-state index in [0.717, 1.165) is 12.8 Å². The number of aliphatic hydroxyl groups is 1. The highest BCUT2D eigenvalue weighted by Crippen LogP contribution is 2.45. The van der Waals surface area contributed by atoms with Crippen LogP contribution in [0.5, 0.6) is 5.75 Å². The average Bonchev–Trinajstić information content (AvgIpc) is 3.46. The van der Waals surface area contributed by atoms with E-state index < -0.39 is 15.6 Å². The molecule has 0 radical (unpaired) electrons. The quantitative estimate of drug-likeness (QED) is 0.773. The molecular formula is C18H20ClNO4S. The summed E-state index contributed by atoms with van der Waals surface area (Å²) >= 11 is 5.93. The van der Waals surface area contributed by atoms with Gasteiger partial charge < -0.3 is 9.84 Å². The summed E-state index contributed by atoms with van der Waals surface area (Å²) in [5.74, 6) is 0.241. The molecule has 1 aliphatic rings. The maximum Gasteiger partial charge on any atom is 0.244 e. The highest BCUT2D eigenvalue weighted by molar-refractivity contribution is 7.89. The molecule has 1 atom stereocenters. The van der Waals surface area contributed by atoms with Gasteiger partial charge in [-0.1, -0.05) is 41.9 Å². The van der Waals surface area contributed by atoms with Gasteiger partial charge in [-0.15, -0.1) is 0 Å². The van der Waals surface area contributed by atoms with Crippen LogP contribution in [0.25, 0.3) is 0 Å². The number of rotatable bonds is 7. The molecule has 3 rings (SSSR count). The highest BCUT2D eigenvalue weighted by Gasteiger charge is 2.45. The van der Waals surface area contributed by atoms with Crippen molar-refractivity contribution in [2.75, 3.05) is 13.7 Å². The zero-order valence-electron chi connectivity index (χ0n) is 13.8. The molecule has 0 aliphatic heterocycles. The highest BCUT2D eigenvalue weighted by atomic mass is 35.5. The number of sulfonamides is 1. The van der Waals surface area contributed by atoms with Crippen molar-refractivity contribution < 1.29 is 18.3 Å². The molecule has 25 heavy (non-hydrogen) atoms. The zero-order chi connectivity index (χ0) is 18.1. The molecule has 2 N–H and O–H groups in total. The van der Waals surface area contributed by atoms with E-state index in [1.54, 1.807) is 6.07 Å². The van der Waals surface area contributed by atoms with E-state index in [1.807, 2.05) is 30.3 Å². The van der Waals surface area contributed by atoms with E-state index in [2.05, 4.69) is 4.72 Å². The summed E-state index contributed by atoms with van der Waals surface area (Å²) in [5.41, 5.74) is -0.529. The van der Waals surface area contributed by atoms with Crippen LogP contribution in [-0.2, 0) is 15.6 Å². The standard InChI is InChI=1S/C18H20ClNO4S/c1-24-16-10-9-15(19)11-17(16)25(22,23)20-12-18(21,14-7-8-14)13-5-3-2-4-6-13/h2-6,9-11,14,20-21H,7-8,12H2,1H3/t18-/m1/s1. The first kappa shape index (κ1) is 18.2. The molecule has 7 heteroatoms. The lowest BCUT2D eigenvalue weighted by atomic mass is 9.89. The summed E-state index contributed by atoms with van der Waals surface area (Å²) < 4.78 is 33.1. The van der Waals surface area contributed by atoms with Crippen molar-refractivity contribution in [2.24, 2.45) is 5.92 Å². The predicted molar refractivity (Wildman–Crippen MR) is 96.3 cm³/mol. The minimum Gasteiger partial charge on any atom is -0.495 e. The van der Waals surface area contributed by atoms with Gasteiger partial charge in [-0.05, 0) is 42.5 Å². The van der Waals surface area contributed by atoms with Crippen molar-refractivity contribution in [1.29, 1.82) is 0 Å². The van der Waals surface area contributed by atoms with E-state index in [4.69, 9.17) is 16.3 Å². The summed E-state index contributed by atoms with van der Waals surface area (Å²) in [7, 11) is -2.50. The number of hydrogen-bond donors (Lipinski definition) is 2. The Morgan fingerprint density at radius 1 is 1.24 bits per heavy atom. The minimum atomic E-state index is -3.89. The summed E-state index contributed by atoms with van der Waals surface area (Å²) in [6, 6.07) is 13.5. The summed E-state index contributed by atoms with van der Waals surface area (Å²) in [4.78, 5) is -0.0475. The van der Waals surface area contributed by atoms with Crippen LogP contribution >= 0.6 is 11.6 Å². The summed E-state index contributed by atoms with van der Waals surface area (Å²) in [5, 5.41) is 11.4. The third-order valence-electron chi connectivity index (χ3n) is 4.47. The Balaban J connectivity index is 1.87. The summed E-state index contributed by atoms with van der Waals surface area (Å²) in [6.45, 7) is -0.111. The van der Waals surface area contributed by atoms with Gasteiger partial charge in [0, 0.05) is 11.6 Å². The number of methoxy groups -OCH3 is 1. The molecule has 0 aromatic heterocycles. The molecule has 1 fully saturated rings. The second-order valence-corrected chi connectivity index (χ2v) is 8.36. The number of nitrogens with one attached hydrogen (secondary N) is 1. The lowest BCUT2D eigenvalue weighted by molar-refractivity contribution is 0.0185. The maximum absolute atomic E-state index is 12.7.